The zero-order valence-corrected chi connectivity index (χ0v) is 15.1. The van der Waals surface area contributed by atoms with Gasteiger partial charge in [0, 0.05) is 16.7 Å². The second kappa shape index (κ2) is 4.90. The predicted molar refractivity (Wildman–Crippen MR) is 89.6 cm³/mol. The van der Waals surface area contributed by atoms with Crippen LogP contribution in [0.1, 0.15) is 39.0 Å². The molecule has 8 atom stereocenters. The Balaban J connectivity index is 1.70. The van der Waals surface area contributed by atoms with E-state index < -0.39 is 40.8 Å². The number of hydrogen-bond acceptors (Lipinski definition) is 6. The van der Waals surface area contributed by atoms with Crippen molar-refractivity contribution in [3.8, 4) is 0 Å². The van der Waals surface area contributed by atoms with Crippen molar-refractivity contribution >= 4 is 11.9 Å². The topological polar surface area (TPSA) is 93.1 Å². The van der Waals surface area contributed by atoms with Gasteiger partial charge in [0.1, 0.15) is 5.41 Å². The predicted octanol–water partition coefficient (Wildman–Crippen LogP) is 1.20. The molecule has 0 aromatic rings. The van der Waals surface area contributed by atoms with E-state index in [1.54, 1.807) is 0 Å². The SMILES string of the molecule is C=C1C2C[C@@H](O)C3[C@@]4(CCC[C@@]5(C)COC(=O)[C@H]54)COC(=O)[C@]3(C2)[C@@H]1O. The Hall–Kier alpha value is -1.40. The molecule has 0 radical (unpaired) electrons. The summed E-state index contributed by atoms with van der Waals surface area (Å²) in [5.41, 5.74) is -1.55. The molecule has 2 unspecified atom stereocenters. The standard InChI is InChI=1S/C20H26O6/c1-10-11-6-12(21)13-19(9-26-17(24)20(13,7-11)15(10)22)5-3-4-18(2)8-25-16(23)14(18)19/h11-15,21-22H,1,3-9H2,2H3/t11?,12-,13?,14-,15-,18+,19-,20+/m1/s1. The first-order chi connectivity index (χ1) is 12.3. The van der Waals surface area contributed by atoms with Crippen molar-refractivity contribution in [3.05, 3.63) is 12.2 Å². The lowest BCUT2D eigenvalue weighted by molar-refractivity contribution is -0.238. The second-order valence-electron chi connectivity index (χ2n) is 9.56. The molecule has 5 aliphatic rings. The van der Waals surface area contributed by atoms with Crippen LogP contribution in [0.5, 0.6) is 0 Å². The maximum atomic E-state index is 12.9. The average molecular weight is 362 g/mol. The van der Waals surface area contributed by atoms with Gasteiger partial charge in [-0.25, -0.2) is 0 Å². The van der Waals surface area contributed by atoms with Gasteiger partial charge in [0.05, 0.1) is 31.3 Å². The number of carbonyl (C=O) groups is 2. The van der Waals surface area contributed by atoms with Crippen molar-refractivity contribution in [2.75, 3.05) is 13.2 Å². The van der Waals surface area contributed by atoms with Crippen LogP contribution in [0.25, 0.3) is 0 Å². The smallest absolute Gasteiger partial charge is 0.315 e. The lowest BCUT2D eigenvalue weighted by atomic mass is 9.44. The maximum absolute atomic E-state index is 12.9. The Morgan fingerprint density at radius 1 is 1.15 bits per heavy atom. The second-order valence-corrected chi connectivity index (χ2v) is 9.56. The number of esters is 2. The third kappa shape index (κ3) is 1.66. The minimum absolute atomic E-state index is 0.0792. The number of ether oxygens (including phenoxy) is 2. The van der Waals surface area contributed by atoms with Gasteiger partial charge in [0.15, 0.2) is 0 Å². The quantitative estimate of drug-likeness (QED) is 0.497. The van der Waals surface area contributed by atoms with E-state index in [0.29, 0.717) is 31.4 Å². The highest BCUT2D eigenvalue weighted by atomic mass is 16.5. The number of aliphatic hydroxyl groups is 2. The molecule has 0 amide bonds. The Bertz CT molecular complexity index is 717. The van der Waals surface area contributed by atoms with E-state index in [1.807, 2.05) is 0 Å². The molecule has 3 aliphatic carbocycles. The summed E-state index contributed by atoms with van der Waals surface area (Å²) in [6.45, 7) is 6.56. The Kier molecular flexibility index (Phi) is 3.16. The van der Waals surface area contributed by atoms with Crippen molar-refractivity contribution in [2.45, 2.75) is 51.2 Å². The number of hydrogen-bond donors (Lipinski definition) is 2. The minimum atomic E-state index is -1.18. The first-order valence-electron chi connectivity index (χ1n) is 9.65. The van der Waals surface area contributed by atoms with Crippen molar-refractivity contribution in [2.24, 2.45) is 34.0 Å². The normalized spacial score (nSPS) is 55.3. The average Bonchev–Trinajstić information content (AvgIpc) is 3.01. The van der Waals surface area contributed by atoms with Crippen LogP contribution in [0.2, 0.25) is 0 Å². The van der Waals surface area contributed by atoms with Gasteiger partial charge in [-0.1, -0.05) is 19.9 Å². The van der Waals surface area contributed by atoms with E-state index in [-0.39, 0.29) is 23.9 Å². The zero-order chi connectivity index (χ0) is 18.5. The fourth-order valence-corrected chi connectivity index (χ4v) is 7.44. The summed E-state index contributed by atoms with van der Waals surface area (Å²) in [4.78, 5) is 25.7. The van der Waals surface area contributed by atoms with Crippen LogP contribution in [0.3, 0.4) is 0 Å². The summed E-state index contributed by atoms with van der Waals surface area (Å²) in [5.74, 6) is -1.69. The van der Waals surface area contributed by atoms with Crippen LogP contribution in [0.4, 0.5) is 0 Å². The van der Waals surface area contributed by atoms with E-state index in [2.05, 4.69) is 13.5 Å². The third-order valence-corrected chi connectivity index (χ3v) is 8.33. The van der Waals surface area contributed by atoms with E-state index in [9.17, 15) is 19.8 Å². The third-order valence-electron chi connectivity index (χ3n) is 8.33. The van der Waals surface area contributed by atoms with Crippen LogP contribution in [0.15, 0.2) is 12.2 Å². The lowest BCUT2D eigenvalue weighted by Crippen LogP contribution is -2.67. The van der Waals surface area contributed by atoms with Gasteiger partial charge in [-0.3, -0.25) is 9.59 Å². The van der Waals surface area contributed by atoms with Crippen LogP contribution in [-0.4, -0.2) is 47.6 Å². The number of cyclic esters (lactones) is 2. The Labute approximate surface area is 152 Å². The molecule has 2 heterocycles. The van der Waals surface area contributed by atoms with Gasteiger partial charge in [-0.2, -0.15) is 0 Å². The molecule has 2 N–H and O–H groups in total. The van der Waals surface area contributed by atoms with Gasteiger partial charge < -0.3 is 19.7 Å². The molecule has 2 aliphatic heterocycles. The summed E-state index contributed by atoms with van der Waals surface area (Å²) in [6.07, 6.45) is 1.62. The minimum Gasteiger partial charge on any atom is -0.465 e. The van der Waals surface area contributed by atoms with Crippen LogP contribution >= 0.6 is 0 Å². The first-order valence-corrected chi connectivity index (χ1v) is 9.65. The van der Waals surface area contributed by atoms with Gasteiger partial charge in [-0.15, -0.1) is 0 Å². The van der Waals surface area contributed by atoms with E-state index >= 15 is 0 Å². The van der Waals surface area contributed by atoms with Crippen molar-refractivity contribution in [1.82, 2.24) is 0 Å². The summed E-state index contributed by atoms with van der Waals surface area (Å²) in [5, 5.41) is 22.1. The number of rotatable bonds is 0. The monoisotopic (exact) mass is 362 g/mol. The van der Waals surface area contributed by atoms with E-state index in [0.717, 1.165) is 12.8 Å². The molecule has 0 aromatic carbocycles. The van der Waals surface area contributed by atoms with Crippen LogP contribution < -0.4 is 0 Å². The molecule has 2 spiro atoms. The molecular formula is C20H26O6. The molecule has 6 heteroatoms. The molecule has 2 saturated heterocycles. The van der Waals surface area contributed by atoms with Crippen LogP contribution in [-0.2, 0) is 19.1 Å². The molecule has 142 valence electrons. The highest BCUT2D eigenvalue weighted by molar-refractivity contribution is 5.83. The lowest BCUT2D eigenvalue weighted by Gasteiger charge is -2.60. The van der Waals surface area contributed by atoms with E-state index in [4.69, 9.17) is 9.47 Å². The fourth-order valence-electron chi connectivity index (χ4n) is 7.44. The largest absolute Gasteiger partial charge is 0.465 e. The van der Waals surface area contributed by atoms with Crippen molar-refractivity contribution in [1.29, 1.82) is 0 Å². The van der Waals surface area contributed by atoms with Crippen LogP contribution in [0, 0.1) is 34.0 Å². The fraction of sp³-hybridized carbons (Fsp3) is 0.800. The summed E-state index contributed by atoms with van der Waals surface area (Å²) < 4.78 is 11.1. The molecule has 3 saturated carbocycles. The van der Waals surface area contributed by atoms with Gasteiger partial charge >= 0.3 is 11.9 Å². The van der Waals surface area contributed by atoms with Crippen molar-refractivity contribution < 1.29 is 29.3 Å². The first kappa shape index (κ1) is 16.8. The zero-order valence-electron chi connectivity index (χ0n) is 15.1. The maximum Gasteiger partial charge on any atom is 0.315 e. The van der Waals surface area contributed by atoms with Gasteiger partial charge in [0.25, 0.3) is 0 Å². The number of carbonyl (C=O) groups excluding carboxylic acids is 2. The molecule has 26 heavy (non-hydrogen) atoms. The molecule has 5 rings (SSSR count). The van der Waals surface area contributed by atoms with Crippen molar-refractivity contribution in [3.63, 3.8) is 0 Å². The molecule has 2 bridgehead atoms. The number of fused-ring (bicyclic) bond motifs is 4. The summed E-state index contributed by atoms with van der Waals surface area (Å²) >= 11 is 0. The van der Waals surface area contributed by atoms with Gasteiger partial charge in [-0.05, 0) is 37.2 Å². The Morgan fingerprint density at radius 3 is 2.69 bits per heavy atom. The summed E-state index contributed by atoms with van der Waals surface area (Å²) in [7, 11) is 0. The summed E-state index contributed by atoms with van der Waals surface area (Å²) in [6, 6.07) is 0. The molecule has 5 fully saturated rings. The molecule has 0 aromatic heterocycles. The van der Waals surface area contributed by atoms with E-state index in [1.165, 1.54) is 0 Å². The highest BCUT2D eigenvalue weighted by Gasteiger charge is 2.75. The number of aliphatic hydroxyl groups excluding tert-OH is 2. The molecule has 6 nitrogen and oxygen atoms in total. The highest BCUT2D eigenvalue weighted by Crippen LogP contribution is 2.69. The van der Waals surface area contributed by atoms with Gasteiger partial charge in [0.2, 0.25) is 0 Å². The Morgan fingerprint density at radius 2 is 1.92 bits per heavy atom. The molecular weight excluding hydrogens is 336 g/mol.